The molecule has 1 aliphatic heterocycles. The molecule has 1 aromatic rings. The molecule has 1 fully saturated rings. The van der Waals surface area contributed by atoms with E-state index < -0.39 is 15.9 Å². The van der Waals surface area contributed by atoms with Crippen LogP contribution in [0.15, 0.2) is 29.2 Å². The second-order valence-corrected chi connectivity index (χ2v) is 6.37. The standard InChI is InChI=1S/C12H16N2O4S/c13-12(16)9-3-5-11(6-4-9)19(17,18)14-7-1-2-10(14)8-15/h3-6,10,15H,1-2,7-8H2,(H2,13,16)/t10-/m1/s1. The third kappa shape index (κ3) is 2.63. The topological polar surface area (TPSA) is 101 Å². The zero-order chi connectivity index (χ0) is 14.0. The molecule has 2 rings (SSSR count). The van der Waals surface area contributed by atoms with E-state index in [-0.39, 0.29) is 23.1 Å². The van der Waals surface area contributed by atoms with Gasteiger partial charge in [-0.1, -0.05) is 0 Å². The summed E-state index contributed by atoms with van der Waals surface area (Å²) >= 11 is 0. The Morgan fingerprint density at radius 1 is 1.37 bits per heavy atom. The van der Waals surface area contributed by atoms with Crippen molar-refractivity contribution in [2.75, 3.05) is 13.2 Å². The van der Waals surface area contributed by atoms with Crippen molar-refractivity contribution >= 4 is 15.9 Å². The van der Waals surface area contributed by atoms with Crippen molar-refractivity contribution in [2.24, 2.45) is 5.73 Å². The fourth-order valence-corrected chi connectivity index (χ4v) is 3.92. The van der Waals surface area contributed by atoms with Crippen LogP contribution in [0.5, 0.6) is 0 Å². The summed E-state index contributed by atoms with van der Waals surface area (Å²) in [5, 5.41) is 9.20. The van der Waals surface area contributed by atoms with E-state index in [1.54, 1.807) is 0 Å². The number of hydrogen-bond acceptors (Lipinski definition) is 4. The third-order valence-electron chi connectivity index (χ3n) is 3.28. The number of nitrogens with zero attached hydrogens (tertiary/aromatic N) is 1. The molecule has 104 valence electrons. The zero-order valence-electron chi connectivity index (χ0n) is 10.3. The molecular formula is C12H16N2O4S. The quantitative estimate of drug-likeness (QED) is 0.808. The Morgan fingerprint density at radius 2 is 2.00 bits per heavy atom. The van der Waals surface area contributed by atoms with E-state index in [0.29, 0.717) is 13.0 Å². The first kappa shape index (κ1) is 14.0. The highest BCUT2D eigenvalue weighted by Gasteiger charge is 2.34. The summed E-state index contributed by atoms with van der Waals surface area (Å²) in [6.07, 6.45) is 1.40. The van der Waals surface area contributed by atoms with Gasteiger partial charge in [-0.25, -0.2) is 8.42 Å². The lowest BCUT2D eigenvalue weighted by Gasteiger charge is -2.22. The van der Waals surface area contributed by atoms with Crippen LogP contribution in [0.2, 0.25) is 0 Å². The Labute approximate surface area is 111 Å². The minimum atomic E-state index is -3.62. The lowest BCUT2D eigenvalue weighted by Crippen LogP contribution is -2.37. The molecule has 1 saturated heterocycles. The van der Waals surface area contributed by atoms with Gasteiger partial charge in [0.1, 0.15) is 0 Å². The lowest BCUT2D eigenvalue weighted by molar-refractivity contribution is 0.1000. The molecule has 0 aromatic heterocycles. The normalized spacial score (nSPS) is 20.6. The van der Waals surface area contributed by atoms with Gasteiger partial charge in [0.2, 0.25) is 15.9 Å². The van der Waals surface area contributed by atoms with Gasteiger partial charge in [-0.3, -0.25) is 4.79 Å². The molecule has 1 atom stereocenters. The van der Waals surface area contributed by atoms with Gasteiger partial charge < -0.3 is 10.8 Å². The number of benzene rings is 1. The number of carbonyl (C=O) groups excluding carboxylic acids is 1. The SMILES string of the molecule is NC(=O)c1ccc(S(=O)(=O)N2CCC[C@@H]2CO)cc1. The first-order chi connectivity index (χ1) is 8.96. The van der Waals surface area contributed by atoms with Gasteiger partial charge >= 0.3 is 0 Å². The molecule has 0 bridgehead atoms. The summed E-state index contributed by atoms with van der Waals surface area (Å²) in [6.45, 7) is 0.226. The molecule has 1 amide bonds. The molecule has 3 N–H and O–H groups in total. The fraction of sp³-hybridized carbons (Fsp3) is 0.417. The number of amides is 1. The molecule has 0 radical (unpaired) electrons. The molecule has 7 heteroatoms. The second-order valence-electron chi connectivity index (χ2n) is 4.48. The Morgan fingerprint density at radius 3 is 2.53 bits per heavy atom. The van der Waals surface area contributed by atoms with Gasteiger partial charge in [-0.15, -0.1) is 0 Å². The highest BCUT2D eigenvalue weighted by molar-refractivity contribution is 7.89. The Balaban J connectivity index is 2.31. The average Bonchev–Trinajstić information content (AvgIpc) is 2.87. The summed E-state index contributed by atoms with van der Waals surface area (Å²) in [7, 11) is -3.62. The number of sulfonamides is 1. The Kier molecular flexibility index (Phi) is 3.88. The maximum Gasteiger partial charge on any atom is 0.248 e. The van der Waals surface area contributed by atoms with Crippen molar-refractivity contribution in [1.82, 2.24) is 4.31 Å². The van der Waals surface area contributed by atoms with Crippen molar-refractivity contribution in [2.45, 2.75) is 23.8 Å². The third-order valence-corrected chi connectivity index (χ3v) is 5.25. The van der Waals surface area contributed by atoms with E-state index in [0.717, 1.165) is 6.42 Å². The molecule has 0 unspecified atom stereocenters. The molecule has 6 nitrogen and oxygen atoms in total. The van der Waals surface area contributed by atoms with Crippen molar-refractivity contribution in [3.8, 4) is 0 Å². The number of carbonyl (C=O) groups is 1. The van der Waals surface area contributed by atoms with Gasteiger partial charge in [-0.2, -0.15) is 4.31 Å². The van der Waals surface area contributed by atoms with Crippen LogP contribution in [0.25, 0.3) is 0 Å². The minimum Gasteiger partial charge on any atom is -0.395 e. The predicted octanol–water partition coefficient (Wildman–Crippen LogP) is -0.0691. The van der Waals surface area contributed by atoms with Gasteiger partial charge in [-0.05, 0) is 37.1 Å². The van der Waals surface area contributed by atoms with Gasteiger partial charge in [0.05, 0.1) is 11.5 Å². The maximum atomic E-state index is 12.4. The number of hydrogen-bond donors (Lipinski definition) is 2. The second kappa shape index (κ2) is 5.28. The fourth-order valence-electron chi connectivity index (χ4n) is 2.23. The average molecular weight is 284 g/mol. The molecule has 0 spiro atoms. The number of primary amides is 1. The molecule has 1 heterocycles. The smallest absolute Gasteiger partial charge is 0.248 e. The molecule has 1 aliphatic rings. The summed E-state index contributed by atoms with van der Waals surface area (Å²) in [5.74, 6) is -0.599. The Bertz CT molecular complexity index is 568. The molecule has 19 heavy (non-hydrogen) atoms. The summed E-state index contributed by atoms with van der Waals surface area (Å²) in [6, 6.07) is 5.14. The number of rotatable bonds is 4. The van der Waals surface area contributed by atoms with Crippen LogP contribution < -0.4 is 5.73 Å². The van der Waals surface area contributed by atoms with E-state index in [1.165, 1.54) is 28.6 Å². The van der Waals surface area contributed by atoms with E-state index in [1.807, 2.05) is 0 Å². The highest BCUT2D eigenvalue weighted by Crippen LogP contribution is 2.25. The molecule has 0 saturated carbocycles. The van der Waals surface area contributed by atoms with E-state index in [9.17, 15) is 18.3 Å². The van der Waals surface area contributed by atoms with Crippen molar-refractivity contribution in [3.63, 3.8) is 0 Å². The first-order valence-electron chi connectivity index (χ1n) is 5.99. The molecular weight excluding hydrogens is 268 g/mol. The summed E-state index contributed by atoms with van der Waals surface area (Å²) in [5.41, 5.74) is 5.37. The van der Waals surface area contributed by atoms with Crippen molar-refractivity contribution in [3.05, 3.63) is 29.8 Å². The van der Waals surface area contributed by atoms with Crippen LogP contribution in [0, 0.1) is 0 Å². The molecule has 0 aliphatic carbocycles. The highest BCUT2D eigenvalue weighted by atomic mass is 32.2. The lowest BCUT2D eigenvalue weighted by atomic mass is 10.2. The van der Waals surface area contributed by atoms with Crippen LogP contribution >= 0.6 is 0 Å². The Hall–Kier alpha value is -1.44. The van der Waals surface area contributed by atoms with Gasteiger partial charge in [0, 0.05) is 18.2 Å². The summed E-state index contributed by atoms with van der Waals surface area (Å²) in [4.78, 5) is 11.1. The largest absolute Gasteiger partial charge is 0.395 e. The van der Waals surface area contributed by atoms with E-state index in [4.69, 9.17) is 5.73 Å². The van der Waals surface area contributed by atoms with Crippen LogP contribution in [-0.2, 0) is 10.0 Å². The van der Waals surface area contributed by atoms with Crippen LogP contribution in [0.4, 0.5) is 0 Å². The van der Waals surface area contributed by atoms with Crippen molar-refractivity contribution in [1.29, 1.82) is 0 Å². The monoisotopic (exact) mass is 284 g/mol. The summed E-state index contributed by atoms with van der Waals surface area (Å²) < 4.78 is 26.1. The van der Waals surface area contributed by atoms with Crippen LogP contribution in [-0.4, -0.2) is 42.9 Å². The van der Waals surface area contributed by atoms with E-state index in [2.05, 4.69) is 0 Å². The van der Waals surface area contributed by atoms with Crippen LogP contribution in [0.3, 0.4) is 0 Å². The predicted molar refractivity (Wildman–Crippen MR) is 69.0 cm³/mol. The van der Waals surface area contributed by atoms with Crippen LogP contribution in [0.1, 0.15) is 23.2 Å². The van der Waals surface area contributed by atoms with Crippen molar-refractivity contribution < 1.29 is 18.3 Å². The number of nitrogens with two attached hydrogens (primary N) is 1. The number of aliphatic hydroxyl groups excluding tert-OH is 1. The van der Waals surface area contributed by atoms with Gasteiger partial charge in [0.25, 0.3) is 0 Å². The van der Waals surface area contributed by atoms with Gasteiger partial charge in [0.15, 0.2) is 0 Å². The molecule has 1 aromatic carbocycles. The number of aliphatic hydroxyl groups is 1. The van der Waals surface area contributed by atoms with E-state index >= 15 is 0 Å². The zero-order valence-corrected chi connectivity index (χ0v) is 11.1. The maximum absolute atomic E-state index is 12.4. The minimum absolute atomic E-state index is 0.109. The first-order valence-corrected chi connectivity index (χ1v) is 7.43.